The summed E-state index contributed by atoms with van der Waals surface area (Å²) >= 11 is 0. The maximum atomic E-state index is 11.9. The summed E-state index contributed by atoms with van der Waals surface area (Å²) in [6, 6.07) is 9.98. The van der Waals surface area contributed by atoms with Crippen LogP contribution >= 0.6 is 0 Å². The Morgan fingerprint density at radius 1 is 1.29 bits per heavy atom. The lowest BCUT2D eigenvalue weighted by Gasteiger charge is -2.25. The van der Waals surface area contributed by atoms with Crippen molar-refractivity contribution in [3.8, 4) is 0 Å². The van der Waals surface area contributed by atoms with Gasteiger partial charge in [0.2, 0.25) is 5.91 Å². The van der Waals surface area contributed by atoms with E-state index in [2.05, 4.69) is 16.1 Å². The topological polar surface area (TPSA) is 49.6 Å². The first-order chi connectivity index (χ1) is 10.1. The highest BCUT2D eigenvalue weighted by Gasteiger charge is 2.23. The lowest BCUT2D eigenvalue weighted by molar-refractivity contribution is -0.116. The average molecular weight is 285 g/mol. The molecular weight excluding hydrogens is 266 g/mol. The Morgan fingerprint density at radius 3 is 2.71 bits per heavy atom. The summed E-state index contributed by atoms with van der Waals surface area (Å²) in [4.78, 5) is 16.0. The van der Waals surface area contributed by atoms with Gasteiger partial charge in [0, 0.05) is 26.1 Å². The number of hydrogen-bond acceptors (Lipinski definition) is 4. The van der Waals surface area contributed by atoms with Crippen LogP contribution in [0, 0.1) is 6.92 Å². The highest BCUT2D eigenvalue weighted by molar-refractivity contribution is 5.95. The van der Waals surface area contributed by atoms with Gasteiger partial charge in [-0.2, -0.15) is 0 Å². The molecule has 0 saturated carbocycles. The van der Waals surface area contributed by atoms with Crippen molar-refractivity contribution in [3.63, 3.8) is 0 Å². The van der Waals surface area contributed by atoms with Crippen LogP contribution in [0.2, 0.25) is 0 Å². The SMILES string of the molecule is CC(=O)N1CCCN(Cc2cc(C)no2)c2ccccc21. The molecule has 5 heteroatoms. The van der Waals surface area contributed by atoms with Crippen molar-refractivity contribution in [2.24, 2.45) is 0 Å². The molecule has 2 aromatic rings. The van der Waals surface area contributed by atoms with Crippen molar-refractivity contribution in [1.29, 1.82) is 0 Å². The molecule has 0 unspecified atom stereocenters. The Labute approximate surface area is 124 Å². The number of carbonyl (C=O) groups is 1. The van der Waals surface area contributed by atoms with Gasteiger partial charge >= 0.3 is 0 Å². The molecule has 0 atom stereocenters. The number of aryl methyl sites for hydroxylation is 1. The third-order valence-electron chi connectivity index (χ3n) is 3.73. The lowest BCUT2D eigenvalue weighted by Crippen LogP contribution is -2.28. The van der Waals surface area contributed by atoms with Crippen molar-refractivity contribution in [2.45, 2.75) is 26.8 Å². The molecule has 0 aliphatic carbocycles. The van der Waals surface area contributed by atoms with E-state index in [-0.39, 0.29) is 5.91 Å². The molecule has 0 radical (unpaired) electrons. The first-order valence-corrected chi connectivity index (χ1v) is 7.19. The number of hydrogen-bond donors (Lipinski definition) is 0. The zero-order valence-electron chi connectivity index (χ0n) is 12.4. The number of fused-ring (bicyclic) bond motifs is 1. The Bertz CT molecular complexity index is 650. The number of amides is 1. The Balaban J connectivity index is 1.94. The molecule has 5 nitrogen and oxygen atoms in total. The van der Waals surface area contributed by atoms with Gasteiger partial charge in [0.25, 0.3) is 0 Å². The van der Waals surface area contributed by atoms with E-state index in [1.54, 1.807) is 6.92 Å². The van der Waals surface area contributed by atoms with E-state index >= 15 is 0 Å². The van der Waals surface area contributed by atoms with Crippen LogP contribution in [0.1, 0.15) is 24.8 Å². The van der Waals surface area contributed by atoms with Crippen LogP contribution < -0.4 is 9.80 Å². The molecule has 0 N–H and O–H groups in total. The van der Waals surface area contributed by atoms with Crippen molar-refractivity contribution in [3.05, 3.63) is 41.8 Å². The van der Waals surface area contributed by atoms with Gasteiger partial charge < -0.3 is 14.3 Å². The number of para-hydroxylation sites is 2. The minimum absolute atomic E-state index is 0.0832. The first-order valence-electron chi connectivity index (χ1n) is 7.19. The van der Waals surface area contributed by atoms with E-state index in [0.717, 1.165) is 42.3 Å². The molecule has 1 amide bonds. The number of benzene rings is 1. The van der Waals surface area contributed by atoms with Crippen molar-refractivity contribution in [2.75, 3.05) is 22.9 Å². The molecule has 2 heterocycles. The second-order valence-corrected chi connectivity index (χ2v) is 5.37. The number of rotatable bonds is 2. The summed E-state index contributed by atoms with van der Waals surface area (Å²) in [5.41, 5.74) is 2.93. The third-order valence-corrected chi connectivity index (χ3v) is 3.73. The molecule has 1 aromatic heterocycles. The summed E-state index contributed by atoms with van der Waals surface area (Å²) in [5, 5.41) is 3.94. The van der Waals surface area contributed by atoms with Crippen molar-refractivity contribution >= 4 is 17.3 Å². The van der Waals surface area contributed by atoms with Crippen LogP contribution in [-0.2, 0) is 11.3 Å². The van der Waals surface area contributed by atoms with E-state index in [0.29, 0.717) is 6.54 Å². The monoisotopic (exact) mass is 285 g/mol. The van der Waals surface area contributed by atoms with Gasteiger partial charge in [-0.05, 0) is 25.5 Å². The van der Waals surface area contributed by atoms with Crippen molar-refractivity contribution < 1.29 is 9.32 Å². The smallest absolute Gasteiger partial charge is 0.223 e. The van der Waals surface area contributed by atoms with Gasteiger partial charge in [-0.15, -0.1) is 0 Å². The summed E-state index contributed by atoms with van der Waals surface area (Å²) in [6.07, 6.45) is 0.932. The molecule has 1 aliphatic heterocycles. The van der Waals surface area contributed by atoms with Crippen LogP contribution in [0.15, 0.2) is 34.9 Å². The van der Waals surface area contributed by atoms with E-state index in [1.165, 1.54) is 0 Å². The number of anilines is 2. The Hall–Kier alpha value is -2.30. The molecule has 1 aliphatic rings. The van der Waals surface area contributed by atoms with E-state index in [9.17, 15) is 4.79 Å². The molecule has 0 fully saturated rings. The molecule has 0 spiro atoms. The van der Waals surface area contributed by atoms with E-state index < -0.39 is 0 Å². The quantitative estimate of drug-likeness (QED) is 0.851. The van der Waals surface area contributed by atoms with Gasteiger partial charge in [-0.1, -0.05) is 17.3 Å². The zero-order chi connectivity index (χ0) is 14.8. The average Bonchev–Trinajstić information content (AvgIpc) is 2.78. The van der Waals surface area contributed by atoms with Gasteiger partial charge in [0.15, 0.2) is 5.76 Å². The minimum atomic E-state index is 0.0832. The zero-order valence-corrected chi connectivity index (χ0v) is 12.4. The summed E-state index contributed by atoms with van der Waals surface area (Å²) in [5.74, 6) is 0.929. The van der Waals surface area contributed by atoms with Gasteiger partial charge in [0.05, 0.1) is 23.6 Å². The van der Waals surface area contributed by atoms with Gasteiger partial charge in [-0.3, -0.25) is 4.79 Å². The predicted octanol–water partition coefficient (Wildman–Crippen LogP) is 2.75. The standard InChI is InChI=1S/C16H19N3O2/c1-12-10-14(21-17-12)11-18-8-5-9-19(13(2)20)16-7-4-3-6-15(16)18/h3-4,6-7,10H,5,8-9,11H2,1-2H3. The van der Waals surface area contributed by atoms with Crippen molar-refractivity contribution in [1.82, 2.24) is 5.16 Å². The van der Waals surface area contributed by atoms with Gasteiger partial charge in [0.1, 0.15) is 0 Å². The van der Waals surface area contributed by atoms with Crippen LogP contribution in [0.3, 0.4) is 0 Å². The highest BCUT2D eigenvalue weighted by atomic mass is 16.5. The molecule has 0 bridgehead atoms. The van der Waals surface area contributed by atoms with Crippen LogP contribution in [0.5, 0.6) is 0 Å². The van der Waals surface area contributed by atoms with E-state index in [1.807, 2.05) is 36.1 Å². The summed E-state index contributed by atoms with van der Waals surface area (Å²) < 4.78 is 5.32. The van der Waals surface area contributed by atoms with E-state index in [4.69, 9.17) is 4.52 Å². The second-order valence-electron chi connectivity index (χ2n) is 5.37. The molecular formula is C16H19N3O2. The number of nitrogens with zero attached hydrogens (tertiary/aromatic N) is 3. The second kappa shape index (κ2) is 5.60. The van der Waals surface area contributed by atoms with Crippen LogP contribution in [0.25, 0.3) is 0 Å². The minimum Gasteiger partial charge on any atom is -0.362 e. The molecule has 3 rings (SSSR count). The molecule has 110 valence electrons. The largest absolute Gasteiger partial charge is 0.362 e. The fraction of sp³-hybridized carbons (Fsp3) is 0.375. The van der Waals surface area contributed by atoms with Gasteiger partial charge in [-0.25, -0.2) is 0 Å². The number of aromatic nitrogens is 1. The number of carbonyl (C=O) groups excluding carboxylic acids is 1. The first kappa shape index (κ1) is 13.7. The highest BCUT2D eigenvalue weighted by Crippen LogP contribution is 2.33. The Morgan fingerprint density at radius 2 is 2.05 bits per heavy atom. The summed E-state index contributed by atoms with van der Waals surface area (Å²) in [6.45, 7) is 5.84. The molecule has 0 saturated heterocycles. The fourth-order valence-electron chi connectivity index (χ4n) is 2.79. The maximum Gasteiger partial charge on any atom is 0.223 e. The normalized spacial score (nSPS) is 14.8. The van der Waals surface area contributed by atoms with Crippen LogP contribution in [0.4, 0.5) is 11.4 Å². The lowest BCUT2D eigenvalue weighted by atomic mass is 10.2. The fourth-order valence-corrected chi connectivity index (χ4v) is 2.79. The molecule has 1 aromatic carbocycles. The molecule has 21 heavy (non-hydrogen) atoms. The Kier molecular flexibility index (Phi) is 3.64. The maximum absolute atomic E-state index is 11.9. The van der Waals surface area contributed by atoms with Crippen LogP contribution in [-0.4, -0.2) is 24.2 Å². The third kappa shape index (κ3) is 2.77. The summed E-state index contributed by atoms with van der Waals surface area (Å²) in [7, 11) is 0. The predicted molar refractivity (Wildman–Crippen MR) is 81.4 cm³/mol.